The smallest absolute Gasteiger partial charge is 0.0698 e. The number of hydrogen-bond donors (Lipinski definition) is 1. The largest absolute Gasteiger partial charge is 0.380 e. The Bertz CT molecular complexity index is 121. The van der Waals surface area contributed by atoms with Crippen molar-refractivity contribution in [2.45, 2.75) is 25.4 Å². The van der Waals surface area contributed by atoms with Gasteiger partial charge in [0.25, 0.3) is 0 Å². The number of likely N-dealkylation sites (tertiary alicyclic amines) is 1. The molecule has 0 aromatic carbocycles. The second-order valence-electron chi connectivity index (χ2n) is 3.38. The highest BCUT2D eigenvalue weighted by atomic mass is 32.1. The van der Waals surface area contributed by atoms with E-state index in [0.29, 0.717) is 6.10 Å². The first kappa shape index (κ1) is 10.4. The molecule has 1 heterocycles. The summed E-state index contributed by atoms with van der Waals surface area (Å²) in [4.78, 5) is 2.48. The maximum Gasteiger partial charge on any atom is 0.0698 e. The molecule has 1 aliphatic rings. The minimum absolute atomic E-state index is 0.471. The fraction of sp³-hybridized carbons (Fsp3) is 1.00. The summed E-state index contributed by atoms with van der Waals surface area (Å²) in [6.07, 6.45) is 4.18. The number of ether oxygens (including phenoxy) is 1. The van der Waals surface area contributed by atoms with Gasteiger partial charge in [0.2, 0.25) is 0 Å². The third-order valence-corrected chi connectivity index (χ3v) is 2.74. The number of piperidine rings is 1. The van der Waals surface area contributed by atoms with Crippen LogP contribution in [-0.2, 0) is 4.74 Å². The van der Waals surface area contributed by atoms with Gasteiger partial charge >= 0.3 is 0 Å². The third kappa shape index (κ3) is 3.33. The molecule has 12 heavy (non-hydrogen) atoms. The Morgan fingerprint density at radius 2 is 2.42 bits per heavy atom. The van der Waals surface area contributed by atoms with E-state index in [1.807, 2.05) is 7.11 Å². The molecule has 0 N–H and O–H groups in total. The monoisotopic (exact) mass is 189 g/mol. The quantitative estimate of drug-likeness (QED) is 0.671. The molecule has 0 spiro atoms. The Balaban J connectivity index is 2.16. The molecule has 1 rings (SSSR count). The van der Waals surface area contributed by atoms with Gasteiger partial charge in [-0.25, -0.2) is 0 Å². The second kappa shape index (κ2) is 5.84. The van der Waals surface area contributed by atoms with Crippen LogP contribution < -0.4 is 0 Å². The van der Waals surface area contributed by atoms with Gasteiger partial charge in [0.05, 0.1) is 6.10 Å². The van der Waals surface area contributed by atoms with Crippen molar-refractivity contribution in [3.8, 4) is 0 Å². The van der Waals surface area contributed by atoms with Gasteiger partial charge in [-0.15, -0.1) is 0 Å². The molecular weight excluding hydrogens is 170 g/mol. The van der Waals surface area contributed by atoms with Gasteiger partial charge in [-0.3, -0.25) is 0 Å². The molecular formula is C9H19NOS. The standard InChI is InChI=1S/C9H19NOS/c1-11-9-4-2-5-10(8-9)6-3-7-12/h9,12H,2-8H2,1H3. The lowest BCUT2D eigenvalue weighted by molar-refractivity contribution is 0.0316. The molecule has 1 atom stereocenters. The van der Waals surface area contributed by atoms with E-state index in [0.717, 1.165) is 12.3 Å². The van der Waals surface area contributed by atoms with Crippen molar-refractivity contribution in [3.05, 3.63) is 0 Å². The number of hydrogen-bond acceptors (Lipinski definition) is 3. The van der Waals surface area contributed by atoms with Gasteiger partial charge in [-0.1, -0.05) is 0 Å². The van der Waals surface area contributed by atoms with Crippen LogP contribution >= 0.6 is 12.6 Å². The van der Waals surface area contributed by atoms with Crippen LogP contribution in [0.15, 0.2) is 0 Å². The highest BCUT2D eigenvalue weighted by molar-refractivity contribution is 7.80. The Kier molecular flexibility index (Phi) is 5.04. The van der Waals surface area contributed by atoms with E-state index in [4.69, 9.17) is 4.74 Å². The van der Waals surface area contributed by atoms with Crippen molar-refractivity contribution < 1.29 is 4.74 Å². The average Bonchev–Trinajstić information content (AvgIpc) is 2.15. The van der Waals surface area contributed by atoms with E-state index in [-0.39, 0.29) is 0 Å². The molecule has 1 aliphatic heterocycles. The maximum atomic E-state index is 5.34. The molecule has 0 radical (unpaired) electrons. The van der Waals surface area contributed by atoms with Crippen LogP contribution in [0.3, 0.4) is 0 Å². The second-order valence-corrected chi connectivity index (χ2v) is 3.82. The van der Waals surface area contributed by atoms with Crippen LogP contribution in [0.4, 0.5) is 0 Å². The van der Waals surface area contributed by atoms with Gasteiger partial charge < -0.3 is 9.64 Å². The van der Waals surface area contributed by atoms with Gasteiger partial charge in [0.15, 0.2) is 0 Å². The van der Waals surface area contributed by atoms with Crippen molar-refractivity contribution >= 4 is 12.6 Å². The molecule has 0 amide bonds. The minimum atomic E-state index is 0.471. The van der Waals surface area contributed by atoms with E-state index in [2.05, 4.69) is 17.5 Å². The van der Waals surface area contributed by atoms with E-state index >= 15 is 0 Å². The van der Waals surface area contributed by atoms with Gasteiger partial charge in [-0.2, -0.15) is 12.6 Å². The summed E-state index contributed by atoms with van der Waals surface area (Å²) in [5, 5.41) is 0. The van der Waals surface area contributed by atoms with E-state index in [9.17, 15) is 0 Å². The van der Waals surface area contributed by atoms with Crippen LogP contribution in [-0.4, -0.2) is 43.5 Å². The predicted molar refractivity (Wildman–Crippen MR) is 54.9 cm³/mol. The van der Waals surface area contributed by atoms with Crippen LogP contribution in [0.5, 0.6) is 0 Å². The van der Waals surface area contributed by atoms with E-state index in [1.54, 1.807) is 0 Å². The topological polar surface area (TPSA) is 12.5 Å². The number of methoxy groups -OCH3 is 1. The van der Waals surface area contributed by atoms with Gasteiger partial charge in [0, 0.05) is 13.7 Å². The predicted octanol–water partition coefficient (Wildman–Crippen LogP) is 1.42. The lowest BCUT2D eigenvalue weighted by Crippen LogP contribution is -2.39. The van der Waals surface area contributed by atoms with Crippen molar-refractivity contribution in [1.29, 1.82) is 0 Å². The molecule has 1 saturated heterocycles. The minimum Gasteiger partial charge on any atom is -0.380 e. The summed E-state index contributed by atoms with van der Waals surface area (Å²) in [6, 6.07) is 0. The average molecular weight is 189 g/mol. The van der Waals surface area contributed by atoms with Crippen molar-refractivity contribution in [2.24, 2.45) is 0 Å². The van der Waals surface area contributed by atoms with Gasteiger partial charge in [0.1, 0.15) is 0 Å². The van der Waals surface area contributed by atoms with E-state index < -0.39 is 0 Å². The Morgan fingerprint density at radius 1 is 1.58 bits per heavy atom. The molecule has 1 unspecified atom stereocenters. The third-order valence-electron chi connectivity index (χ3n) is 2.43. The fourth-order valence-corrected chi connectivity index (χ4v) is 1.84. The summed E-state index contributed by atoms with van der Waals surface area (Å²) >= 11 is 4.21. The Morgan fingerprint density at radius 3 is 3.08 bits per heavy atom. The van der Waals surface area contributed by atoms with E-state index in [1.165, 1.54) is 32.4 Å². The summed E-state index contributed by atoms with van der Waals surface area (Å²) in [5.41, 5.74) is 0. The van der Waals surface area contributed by atoms with Crippen molar-refractivity contribution in [3.63, 3.8) is 0 Å². The molecule has 72 valence electrons. The lowest BCUT2D eigenvalue weighted by Gasteiger charge is -2.31. The number of nitrogens with zero attached hydrogens (tertiary/aromatic N) is 1. The van der Waals surface area contributed by atoms with Crippen molar-refractivity contribution in [1.82, 2.24) is 4.90 Å². The normalized spacial score (nSPS) is 26.0. The Hall–Kier alpha value is 0.270. The Labute approximate surface area is 80.7 Å². The molecule has 0 aliphatic carbocycles. The molecule has 1 fully saturated rings. The summed E-state index contributed by atoms with van der Waals surface area (Å²) in [7, 11) is 1.81. The molecule has 2 nitrogen and oxygen atoms in total. The molecule has 0 aromatic rings. The molecule has 0 saturated carbocycles. The zero-order chi connectivity index (χ0) is 8.81. The summed E-state index contributed by atoms with van der Waals surface area (Å²) in [5.74, 6) is 0.994. The summed E-state index contributed by atoms with van der Waals surface area (Å²) in [6.45, 7) is 3.54. The summed E-state index contributed by atoms with van der Waals surface area (Å²) < 4.78 is 5.34. The van der Waals surface area contributed by atoms with Gasteiger partial charge in [-0.05, 0) is 38.1 Å². The maximum absolute atomic E-state index is 5.34. The molecule has 3 heteroatoms. The van der Waals surface area contributed by atoms with Crippen LogP contribution in [0, 0.1) is 0 Å². The zero-order valence-electron chi connectivity index (χ0n) is 7.83. The highest BCUT2D eigenvalue weighted by Gasteiger charge is 2.18. The lowest BCUT2D eigenvalue weighted by atomic mass is 10.1. The molecule has 0 aromatic heterocycles. The zero-order valence-corrected chi connectivity index (χ0v) is 8.72. The number of thiol groups is 1. The van der Waals surface area contributed by atoms with Crippen LogP contribution in [0.2, 0.25) is 0 Å². The first-order valence-corrected chi connectivity index (χ1v) is 5.36. The first-order valence-electron chi connectivity index (χ1n) is 4.73. The van der Waals surface area contributed by atoms with Crippen LogP contribution in [0.25, 0.3) is 0 Å². The molecule has 0 bridgehead atoms. The number of rotatable bonds is 4. The SMILES string of the molecule is COC1CCCN(CCCS)C1. The van der Waals surface area contributed by atoms with Crippen molar-refractivity contribution in [2.75, 3.05) is 32.5 Å². The fourth-order valence-electron chi connectivity index (χ4n) is 1.70. The van der Waals surface area contributed by atoms with Crippen LogP contribution in [0.1, 0.15) is 19.3 Å². The highest BCUT2D eigenvalue weighted by Crippen LogP contribution is 2.12. The first-order chi connectivity index (χ1) is 5.86.